The molecule has 2 aromatic rings. The molecule has 2 rings (SSSR count). The largest absolute Gasteiger partial charge is 0.460 e. The van der Waals surface area contributed by atoms with Crippen molar-refractivity contribution in [3.05, 3.63) is 29.0 Å². The summed E-state index contributed by atoms with van der Waals surface area (Å²) in [7, 11) is 0. The van der Waals surface area contributed by atoms with Crippen LogP contribution < -0.4 is 0 Å². The van der Waals surface area contributed by atoms with Crippen LogP contribution in [-0.2, 0) is 6.42 Å². The minimum atomic E-state index is 0.760. The van der Waals surface area contributed by atoms with E-state index in [0.29, 0.717) is 0 Å². The first kappa shape index (κ1) is 9.94. The van der Waals surface area contributed by atoms with Crippen LogP contribution in [0.5, 0.6) is 0 Å². The quantitative estimate of drug-likeness (QED) is 0.706. The van der Waals surface area contributed by atoms with Crippen molar-refractivity contribution in [2.75, 3.05) is 6.26 Å². The van der Waals surface area contributed by atoms with Gasteiger partial charge in [-0.15, -0.1) is 11.8 Å². The Bertz CT molecular complexity index is 462. The topological polar surface area (TPSA) is 13.1 Å². The highest BCUT2D eigenvalue weighted by Gasteiger charge is 2.11. The lowest BCUT2D eigenvalue weighted by molar-refractivity contribution is 0.546. The van der Waals surface area contributed by atoms with Crippen LogP contribution in [0.25, 0.3) is 11.0 Å². The van der Waals surface area contributed by atoms with Crippen molar-refractivity contribution >= 4 is 34.3 Å². The van der Waals surface area contributed by atoms with E-state index in [1.165, 1.54) is 4.90 Å². The lowest BCUT2D eigenvalue weighted by Gasteiger charge is -1.94. The molecule has 0 aliphatic heterocycles. The van der Waals surface area contributed by atoms with E-state index in [1.54, 1.807) is 11.8 Å². The summed E-state index contributed by atoms with van der Waals surface area (Å²) in [6.45, 7) is 2.10. The first-order chi connectivity index (χ1) is 6.76. The second kappa shape index (κ2) is 3.87. The van der Waals surface area contributed by atoms with Crippen molar-refractivity contribution in [3.8, 4) is 0 Å². The van der Waals surface area contributed by atoms with E-state index in [1.807, 2.05) is 18.2 Å². The summed E-state index contributed by atoms with van der Waals surface area (Å²) in [5, 5.41) is 1.89. The second-order valence-corrected chi connectivity index (χ2v) is 4.31. The zero-order chi connectivity index (χ0) is 10.1. The molecule has 0 spiro atoms. The Labute approximate surface area is 92.4 Å². The molecule has 0 N–H and O–H groups in total. The van der Waals surface area contributed by atoms with Gasteiger partial charge in [0.15, 0.2) is 0 Å². The van der Waals surface area contributed by atoms with Crippen molar-refractivity contribution in [2.24, 2.45) is 0 Å². The van der Waals surface area contributed by atoms with Gasteiger partial charge in [-0.05, 0) is 24.5 Å². The van der Waals surface area contributed by atoms with E-state index in [9.17, 15) is 0 Å². The van der Waals surface area contributed by atoms with Gasteiger partial charge in [-0.3, -0.25) is 0 Å². The maximum absolute atomic E-state index is 5.95. The minimum absolute atomic E-state index is 0.760. The van der Waals surface area contributed by atoms with E-state index in [-0.39, 0.29) is 0 Å². The molecule has 0 aliphatic carbocycles. The van der Waals surface area contributed by atoms with Crippen LogP contribution in [0.4, 0.5) is 0 Å². The summed E-state index contributed by atoms with van der Waals surface area (Å²) >= 11 is 7.66. The zero-order valence-electron chi connectivity index (χ0n) is 8.13. The van der Waals surface area contributed by atoms with Gasteiger partial charge in [-0.2, -0.15) is 0 Å². The Morgan fingerprint density at radius 1 is 1.43 bits per heavy atom. The number of aryl methyl sites for hydroxylation is 1. The standard InChI is InChI=1S/C11H11ClOS/c1-3-9-11(14-2)8-6-7(12)4-5-10(8)13-9/h4-6H,3H2,1-2H3. The van der Waals surface area contributed by atoms with Crippen LogP contribution in [0, 0.1) is 0 Å². The van der Waals surface area contributed by atoms with Crippen LogP contribution in [0.3, 0.4) is 0 Å². The molecule has 0 amide bonds. The Kier molecular flexibility index (Phi) is 2.75. The number of halogens is 1. The molecule has 0 saturated heterocycles. The van der Waals surface area contributed by atoms with E-state index in [0.717, 1.165) is 28.2 Å². The molecule has 0 fully saturated rings. The number of fused-ring (bicyclic) bond motifs is 1. The molecule has 0 saturated carbocycles. The fourth-order valence-electron chi connectivity index (χ4n) is 1.55. The number of hydrogen-bond acceptors (Lipinski definition) is 2. The van der Waals surface area contributed by atoms with Crippen molar-refractivity contribution in [3.63, 3.8) is 0 Å². The lowest BCUT2D eigenvalue weighted by Crippen LogP contribution is -1.76. The van der Waals surface area contributed by atoms with Gasteiger partial charge in [-0.1, -0.05) is 18.5 Å². The monoisotopic (exact) mass is 226 g/mol. The van der Waals surface area contributed by atoms with E-state index >= 15 is 0 Å². The normalized spacial score (nSPS) is 11.1. The summed E-state index contributed by atoms with van der Waals surface area (Å²) in [6, 6.07) is 5.75. The van der Waals surface area contributed by atoms with Crippen molar-refractivity contribution in [2.45, 2.75) is 18.2 Å². The maximum atomic E-state index is 5.95. The average molecular weight is 227 g/mol. The molecule has 0 unspecified atom stereocenters. The van der Waals surface area contributed by atoms with E-state index < -0.39 is 0 Å². The van der Waals surface area contributed by atoms with Gasteiger partial charge in [0.05, 0.1) is 4.90 Å². The number of furan rings is 1. The number of hydrogen-bond donors (Lipinski definition) is 0. The fourth-order valence-corrected chi connectivity index (χ4v) is 2.52. The summed E-state index contributed by atoms with van der Waals surface area (Å²) in [4.78, 5) is 1.21. The maximum Gasteiger partial charge on any atom is 0.135 e. The molecular weight excluding hydrogens is 216 g/mol. The van der Waals surface area contributed by atoms with Gasteiger partial charge < -0.3 is 4.42 Å². The molecule has 0 atom stereocenters. The van der Waals surface area contributed by atoms with Gasteiger partial charge in [0.1, 0.15) is 11.3 Å². The summed E-state index contributed by atoms with van der Waals surface area (Å²) in [6.07, 6.45) is 2.98. The molecule has 1 aromatic heterocycles. The third kappa shape index (κ3) is 1.53. The second-order valence-electron chi connectivity index (χ2n) is 3.05. The predicted molar refractivity (Wildman–Crippen MR) is 62.4 cm³/mol. The summed E-state index contributed by atoms with van der Waals surface area (Å²) < 4.78 is 5.71. The molecule has 0 aliphatic rings. The highest BCUT2D eigenvalue weighted by Crippen LogP contribution is 2.34. The molecule has 1 aromatic carbocycles. The lowest BCUT2D eigenvalue weighted by atomic mass is 10.2. The van der Waals surface area contributed by atoms with Crippen LogP contribution >= 0.6 is 23.4 Å². The van der Waals surface area contributed by atoms with E-state index in [4.69, 9.17) is 16.0 Å². The summed E-state index contributed by atoms with van der Waals surface area (Å²) in [5.74, 6) is 1.05. The molecule has 0 radical (unpaired) electrons. The van der Waals surface area contributed by atoms with E-state index in [2.05, 4.69) is 13.2 Å². The Morgan fingerprint density at radius 3 is 2.86 bits per heavy atom. The number of thioether (sulfide) groups is 1. The Balaban J connectivity index is 2.74. The van der Waals surface area contributed by atoms with Gasteiger partial charge in [0, 0.05) is 16.8 Å². The highest BCUT2D eigenvalue weighted by atomic mass is 35.5. The molecular formula is C11H11ClOS. The molecule has 1 heterocycles. The van der Waals surface area contributed by atoms with Gasteiger partial charge in [-0.25, -0.2) is 0 Å². The van der Waals surface area contributed by atoms with Crippen molar-refractivity contribution in [1.29, 1.82) is 0 Å². The van der Waals surface area contributed by atoms with Crippen LogP contribution in [-0.4, -0.2) is 6.26 Å². The smallest absolute Gasteiger partial charge is 0.135 e. The van der Waals surface area contributed by atoms with Crippen molar-refractivity contribution < 1.29 is 4.42 Å². The fraction of sp³-hybridized carbons (Fsp3) is 0.273. The van der Waals surface area contributed by atoms with Crippen molar-refractivity contribution in [1.82, 2.24) is 0 Å². The molecule has 74 valence electrons. The summed E-state index contributed by atoms with van der Waals surface area (Å²) in [5.41, 5.74) is 0.926. The van der Waals surface area contributed by atoms with Gasteiger partial charge in [0.2, 0.25) is 0 Å². The predicted octanol–water partition coefficient (Wildman–Crippen LogP) is 4.37. The molecule has 1 nitrogen and oxygen atoms in total. The molecule has 14 heavy (non-hydrogen) atoms. The van der Waals surface area contributed by atoms with Gasteiger partial charge >= 0.3 is 0 Å². The molecule has 3 heteroatoms. The minimum Gasteiger partial charge on any atom is -0.460 e. The third-order valence-electron chi connectivity index (χ3n) is 2.20. The highest BCUT2D eigenvalue weighted by molar-refractivity contribution is 7.98. The van der Waals surface area contributed by atoms with Gasteiger partial charge in [0.25, 0.3) is 0 Å². The zero-order valence-corrected chi connectivity index (χ0v) is 9.71. The van der Waals surface area contributed by atoms with Crippen LogP contribution in [0.1, 0.15) is 12.7 Å². The SMILES string of the molecule is CCc1oc2ccc(Cl)cc2c1SC. The Morgan fingerprint density at radius 2 is 2.21 bits per heavy atom. The third-order valence-corrected chi connectivity index (χ3v) is 3.29. The molecule has 0 bridgehead atoms. The average Bonchev–Trinajstić information content (AvgIpc) is 2.54. The first-order valence-corrected chi connectivity index (χ1v) is 6.11. The number of rotatable bonds is 2. The Hall–Kier alpha value is -0.600. The van der Waals surface area contributed by atoms with Crippen LogP contribution in [0.2, 0.25) is 5.02 Å². The van der Waals surface area contributed by atoms with Crippen LogP contribution in [0.15, 0.2) is 27.5 Å². The first-order valence-electron chi connectivity index (χ1n) is 4.51. The number of benzene rings is 1.